The van der Waals surface area contributed by atoms with Gasteiger partial charge in [-0.1, -0.05) is 31.0 Å². The molecule has 0 radical (unpaired) electrons. The Balaban J connectivity index is 0.00000182. The van der Waals surface area contributed by atoms with E-state index in [-0.39, 0.29) is 23.7 Å². The van der Waals surface area contributed by atoms with Crippen molar-refractivity contribution < 1.29 is 9.21 Å². The normalized spacial score (nSPS) is 25.0. The highest BCUT2D eigenvalue weighted by Gasteiger charge is 2.49. The molecule has 1 aromatic heterocycles. The van der Waals surface area contributed by atoms with Gasteiger partial charge in [-0.05, 0) is 37.4 Å². The zero-order valence-corrected chi connectivity index (χ0v) is 15.0. The molecular formula is C19H24ClN3O2. The van der Waals surface area contributed by atoms with Crippen LogP contribution in [-0.4, -0.2) is 24.0 Å². The Morgan fingerprint density at radius 1 is 1.32 bits per heavy atom. The average Bonchev–Trinajstić information content (AvgIpc) is 3.28. The topological polar surface area (TPSA) is 67.2 Å². The fourth-order valence-electron chi connectivity index (χ4n) is 4.14. The number of nitrogens with zero attached hydrogens (tertiary/aromatic N) is 1. The number of aromatic nitrogens is 1. The van der Waals surface area contributed by atoms with Crippen LogP contribution in [0, 0.1) is 11.3 Å². The Morgan fingerprint density at radius 3 is 3.00 bits per heavy atom. The molecule has 6 heteroatoms. The number of benzene rings is 1. The van der Waals surface area contributed by atoms with Crippen molar-refractivity contribution in [3.8, 4) is 11.5 Å². The smallest absolute Gasteiger partial charge is 0.228 e. The van der Waals surface area contributed by atoms with Crippen LogP contribution in [0.25, 0.3) is 11.5 Å². The molecule has 5 nitrogen and oxygen atoms in total. The summed E-state index contributed by atoms with van der Waals surface area (Å²) in [6.45, 7) is 2.19. The molecule has 0 spiro atoms. The van der Waals surface area contributed by atoms with Crippen LogP contribution in [0.15, 0.2) is 41.0 Å². The van der Waals surface area contributed by atoms with E-state index in [0.717, 1.165) is 43.6 Å². The second-order valence-corrected chi connectivity index (χ2v) is 6.92. The van der Waals surface area contributed by atoms with Gasteiger partial charge in [0, 0.05) is 12.1 Å². The Labute approximate surface area is 154 Å². The van der Waals surface area contributed by atoms with Gasteiger partial charge in [-0.15, -0.1) is 12.4 Å². The number of carbonyl (C=O) groups excluding carboxylic acids is 1. The third kappa shape index (κ3) is 3.44. The first-order valence-electron chi connectivity index (χ1n) is 8.77. The van der Waals surface area contributed by atoms with Crippen LogP contribution in [-0.2, 0) is 11.3 Å². The Morgan fingerprint density at radius 2 is 2.16 bits per heavy atom. The fourth-order valence-corrected chi connectivity index (χ4v) is 4.14. The predicted octanol–water partition coefficient (Wildman–Crippen LogP) is 3.16. The number of amides is 1. The minimum atomic E-state index is -0.218. The van der Waals surface area contributed by atoms with Gasteiger partial charge in [0.15, 0.2) is 0 Å². The van der Waals surface area contributed by atoms with Crippen LogP contribution in [0.4, 0.5) is 0 Å². The zero-order chi connectivity index (χ0) is 16.4. The lowest BCUT2D eigenvalue weighted by Crippen LogP contribution is -2.47. The SMILES string of the molecule is Cl.O=C(NCc1coc(-c2ccccc2)n1)[C@@]12CCCC[C@H]1CNC2. The molecule has 2 N–H and O–H groups in total. The minimum Gasteiger partial charge on any atom is -0.444 e. The molecule has 2 atom stereocenters. The number of carbonyl (C=O) groups is 1. The first kappa shape index (κ1) is 18.0. The van der Waals surface area contributed by atoms with Crippen molar-refractivity contribution in [2.24, 2.45) is 11.3 Å². The fraction of sp³-hybridized carbons (Fsp3) is 0.474. The Hall–Kier alpha value is -1.85. The molecule has 1 saturated carbocycles. The molecule has 1 aliphatic carbocycles. The molecule has 0 bridgehead atoms. The van der Waals surface area contributed by atoms with E-state index < -0.39 is 0 Å². The number of halogens is 1. The molecule has 134 valence electrons. The van der Waals surface area contributed by atoms with Gasteiger partial charge in [-0.2, -0.15) is 0 Å². The standard InChI is InChI=1S/C19H23N3O2.ClH/c23-18(19-9-5-4-8-15(19)10-20-13-19)21-11-16-12-24-17(22-16)14-6-2-1-3-7-14;/h1-3,6-7,12,15,20H,4-5,8-11,13H2,(H,21,23);1H/t15-,19+;/m0./s1. The van der Waals surface area contributed by atoms with Crippen LogP contribution in [0.5, 0.6) is 0 Å². The summed E-state index contributed by atoms with van der Waals surface area (Å²) in [4.78, 5) is 17.3. The molecule has 2 fully saturated rings. The second kappa shape index (κ2) is 7.58. The van der Waals surface area contributed by atoms with E-state index in [4.69, 9.17) is 4.42 Å². The number of fused-ring (bicyclic) bond motifs is 1. The van der Waals surface area contributed by atoms with Crippen LogP contribution in [0.2, 0.25) is 0 Å². The van der Waals surface area contributed by atoms with E-state index in [1.165, 1.54) is 6.42 Å². The van der Waals surface area contributed by atoms with Gasteiger partial charge < -0.3 is 15.1 Å². The first-order chi connectivity index (χ1) is 11.8. The van der Waals surface area contributed by atoms with Crippen molar-refractivity contribution in [2.45, 2.75) is 32.2 Å². The van der Waals surface area contributed by atoms with Gasteiger partial charge in [0.2, 0.25) is 11.8 Å². The lowest BCUT2D eigenvalue weighted by molar-refractivity contribution is -0.134. The quantitative estimate of drug-likeness (QED) is 0.877. The maximum Gasteiger partial charge on any atom is 0.228 e. The summed E-state index contributed by atoms with van der Waals surface area (Å²) >= 11 is 0. The van der Waals surface area contributed by atoms with E-state index in [1.807, 2.05) is 30.3 Å². The maximum absolute atomic E-state index is 12.8. The van der Waals surface area contributed by atoms with Crippen LogP contribution < -0.4 is 10.6 Å². The van der Waals surface area contributed by atoms with Crippen molar-refractivity contribution >= 4 is 18.3 Å². The summed E-state index contributed by atoms with van der Waals surface area (Å²) in [6.07, 6.45) is 6.16. The van der Waals surface area contributed by atoms with Gasteiger partial charge in [-0.3, -0.25) is 4.79 Å². The Bertz CT molecular complexity index is 718. The summed E-state index contributed by atoms with van der Waals surface area (Å²) in [6, 6.07) is 9.80. The van der Waals surface area contributed by atoms with Gasteiger partial charge in [0.05, 0.1) is 17.7 Å². The molecule has 1 aliphatic heterocycles. The molecule has 2 heterocycles. The first-order valence-corrected chi connectivity index (χ1v) is 8.77. The molecule has 0 unspecified atom stereocenters. The van der Waals surface area contributed by atoms with E-state index in [2.05, 4.69) is 15.6 Å². The molecule has 2 aromatic rings. The van der Waals surface area contributed by atoms with Gasteiger partial charge in [-0.25, -0.2) is 4.98 Å². The highest BCUT2D eigenvalue weighted by molar-refractivity contribution is 5.85. The molecule has 25 heavy (non-hydrogen) atoms. The average molecular weight is 362 g/mol. The molecule has 2 aliphatic rings. The highest BCUT2D eigenvalue weighted by atomic mass is 35.5. The highest BCUT2D eigenvalue weighted by Crippen LogP contribution is 2.43. The van der Waals surface area contributed by atoms with E-state index in [0.29, 0.717) is 18.4 Å². The van der Waals surface area contributed by atoms with Gasteiger partial charge in [0.25, 0.3) is 0 Å². The van der Waals surface area contributed by atoms with Crippen molar-refractivity contribution in [2.75, 3.05) is 13.1 Å². The second-order valence-electron chi connectivity index (χ2n) is 6.92. The van der Waals surface area contributed by atoms with Crippen molar-refractivity contribution in [3.05, 3.63) is 42.3 Å². The monoisotopic (exact) mass is 361 g/mol. The Kier molecular flexibility index (Phi) is 5.45. The van der Waals surface area contributed by atoms with Crippen molar-refractivity contribution in [3.63, 3.8) is 0 Å². The van der Waals surface area contributed by atoms with Crippen LogP contribution >= 0.6 is 12.4 Å². The minimum absolute atomic E-state index is 0. The summed E-state index contributed by atoms with van der Waals surface area (Å²) in [7, 11) is 0. The summed E-state index contributed by atoms with van der Waals surface area (Å²) in [5.74, 6) is 1.24. The maximum atomic E-state index is 12.8. The van der Waals surface area contributed by atoms with E-state index in [9.17, 15) is 4.79 Å². The largest absolute Gasteiger partial charge is 0.444 e. The number of oxazole rings is 1. The third-order valence-electron chi connectivity index (χ3n) is 5.49. The zero-order valence-electron chi connectivity index (χ0n) is 14.2. The van der Waals surface area contributed by atoms with Gasteiger partial charge in [0.1, 0.15) is 6.26 Å². The summed E-state index contributed by atoms with van der Waals surface area (Å²) in [5.41, 5.74) is 1.49. The number of nitrogens with one attached hydrogen (secondary N) is 2. The molecule has 1 aromatic carbocycles. The summed E-state index contributed by atoms with van der Waals surface area (Å²) in [5, 5.41) is 6.51. The number of rotatable bonds is 4. The third-order valence-corrected chi connectivity index (χ3v) is 5.49. The molecular weight excluding hydrogens is 338 g/mol. The molecule has 1 saturated heterocycles. The predicted molar refractivity (Wildman–Crippen MR) is 98.3 cm³/mol. The molecule has 1 amide bonds. The van der Waals surface area contributed by atoms with Crippen LogP contribution in [0.1, 0.15) is 31.4 Å². The number of hydrogen-bond acceptors (Lipinski definition) is 4. The van der Waals surface area contributed by atoms with Crippen LogP contribution in [0.3, 0.4) is 0 Å². The van der Waals surface area contributed by atoms with E-state index >= 15 is 0 Å². The van der Waals surface area contributed by atoms with Gasteiger partial charge >= 0.3 is 0 Å². The van der Waals surface area contributed by atoms with E-state index in [1.54, 1.807) is 6.26 Å². The lowest BCUT2D eigenvalue weighted by Gasteiger charge is -2.37. The van der Waals surface area contributed by atoms with Crippen molar-refractivity contribution in [1.29, 1.82) is 0 Å². The summed E-state index contributed by atoms with van der Waals surface area (Å²) < 4.78 is 5.54. The lowest BCUT2D eigenvalue weighted by atomic mass is 9.67. The number of hydrogen-bond donors (Lipinski definition) is 2. The molecule has 4 rings (SSSR count). The van der Waals surface area contributed by atoms with Crippen molar-refractivity contribution in [1.82, 2.24) is 15.6 Å².